The number of hydrogen-bond acceptors (Lipinski definition) is 3. The Balaban J connectivity index is 1.60. The van der Waals surface area contributed by atoms with Crippen LogP contribution in [0.5, 0.6) is 0 Å². The van der Waals surface area contributed by atoms with Gasteiger partial charge in [0.25, 0.3) is 0 Å². The van der Waals surface area contributed by atoms with Crippen LogP contribution in [-0.2, 0) is 4.79 Å². The van der Waals surface area contributed by atoms with Gasteiger partial charge in [-0.3, -0.25) is 9.79 Å². The molecule has 0 aromatic heterocycles. The van der Waals surface area contributed by atoms with Gasteiger partial charge in [0.05, 0.1) is 6.54 Å². The second-order valence-electron chi connectivity index (χ2n) is 6.52. The summed E-state index contributed by atoms with van der Waals surface area (Å²) in [6.07, 6.45) is 6.36. The number of nitrogens with one attached hydrogen (secondary N) is 3. The van der Waals surface area contributed by atoms with Crippen LogP contribution >= 0.6 is 0 Å². The molecule has 1 aromatic carbocycles. The number of guanidine groups is 1. The summed E-state index contributed by atoms with van der Waals surface area (Å²) in [5, 5.41) is 8.93. The van der Waals surface area contributed by atoms with E-state index in [1.54, 1.807) is 7.05 Å². The van der Waals surface area contributed by atoms with E-state index in [0.29, 0.717) is 11.6 Å². The van der Waals surface area contributed by atoms with Crippen molar-refractivity contribution in [2.45, 2.75) is 32.1 Å². The Hall–Kier alpha value is -2.15. The summed E-state index contributed by atoms with van der Waals surface area (Å²) < 4.78 is 12.9. The third-order valence-corrected chi connectivity index (χ3v) is 4.41. The molecule has 26 heavy (non-hydrogen) atoms. The Morgan fingerprint density at radius 1 is 1.12 bits per heavy atom. The van der Waals surface area contributed by atoms with Crippen LogP contribution in [0.1, 0.15) is 32.1 Å². The molecule has 7 heteroatoms. The number of carbonyl (C=O) groups is 1. The highest BCUT2D eigenvalue weighted by Crippen LogP contribution is 2.09. The highest BCUT2D eigenvalue weighted by molar-refractivity contribution is 5.94. The van der Waals surface area contributed by atoms with E-state index in [1.165, 1.54) is 63.0 Å². The first-order valence-corrected chi connectivity index (χ1v) is 9.39. The minimum atomic E-state index is -0.328. The Labute approximate surface area is 155 Å². The van der Waals surface area contributed by atoms with Crippen LogP contribution in [0.15, 0.2) is 29.3 Å². The van der Waals surface area contributed by atoms with E-state index >= 15 is 0 Å². The monoisotopic (exact) mass is 363 g/mol. The van der Waals surface area contributed by atoms with Crippen molar-refractivity contribution in [3.63, 3.8) is 0 Å². The molecule has 0 bridgehead atoms. The van der Waals surface area contributed by atoms with Crippen LogP contribution < -0.4 is 16.0 Å². The largest absolute Gasteiger partial charge is 0.356 e. The lowest BCUT2D eigenvalue weighted by atomic mass is 10.2. The smallest absolute Gasteiger partial charge is 0.243 e. The van der Waals surface area contributed by atoms with Gasteiger partial charge in [-0.15, -0.1) is 0 Å². The molecule has 1 heterocycles. The normalized spacial score (nSPS) is 16.0. The van der Waals surface area contributed by atoms with Crippen molar-refractivity contribution < 1.29 is 9.18 Å². The lowest BCUT2D eigenvalue weighted by Crippen LogP contribution is -2.42. The van der Waals surface area contributed by atoms with Crippen LogP contribution in [0.25, 0.3) is 0 Å². The molecular weight excluding hydrogens is 333 g/mol. The maximum atomic E-state index is 12.9. The van der Waals surface area contributed by atoms with Crippen LogP contribution in [0.2, 0.25) is 0 Å². The van der Waals surface area contributed by atoms with Gasteiger partial charge >= 0.3 is 0 Å². The van der Waals surface area contributed by atoms with Gasteiger partial charge in [-0.25, -0.2) is 4.39 Å². The zero-order valence-electron chi connectivity index (χ0n) is 15.6. The topological polar surface area (TPSA) is 68.8 Å². The van der Waals surface area contributed by atoms with E-state index in [0.717, 1.165) is 19.5 Å². The van der Waals surface area contributed by atoms with Crippen LogP contribution in [0, 0.1) is 5.82 Å². The molecule has 144 valence electrons. The molecule has 0 radical (unpaired) electrons. The minimum Gasteiger partial charge on any atom is -0.356 e. The third-order valence-electron chi connectivity index (χ3n) is 4.41. The SMILES string of the molecule is CN=C(NCCCN1CCCCCC1)NCC(=O)Nc1ccc(F)cc1. The molecule has 0 aliphatic carbocycles. The number of anilines is 1. The quantitative estimate of drug-likeness (QED) is 0.395. The molecule has 6 nitrogen and oxygen atoms in total. The predicted molar refractivity (Wildman–Crippen MR) is 104 cm³/mol. The molecular formula is C19H30FN5O. The van der Waals surface area contributed by atoms with Crippen molar-refractivity contribution in [3.05, 3.63) is 30.1 Å². The zero-order chi connectivity index (χ0) is 18.6. The number of carbonyl (C=O) groups excluding carboxylic acids is 1. The molecule has 2 rings (SSSR count). The molecule has 1 fully saturated rings. The van der Waals surface area contributed by atoms with Crippen molar-refractivity contribution in [2.24, 2.45) is 4.99 Å². The predicted octanol–water partition coefficient (Wildman–Crippen LogP) is 2.20. The molecule has 0 unspecified atom stereocenters. The van der Waals surface area contributed by atoms with Crippen LogP contribution in [-0.4, -0.2) is 56.5 Å². The number of rotatable bonds is 7. The number of aliphatic imine (C=N–C) groups is 1. The fourth-order valence-electron chi connectivity index (χ4n) is 2.99. The van der Waals surface area contributed by atoms with Gasteiger partial charge in [0.15, 0.2) is 5.96 Å². The molecule has 0 atom stereocenters. The van der Waals surface area contributed by atoms with E-state index < -0.39 is 0 Å². The second kappa shape index (κ2) is 11.5. The molecule has 1 aliphatic heterocycles. The molecule has 1 aliphatic rings. The highest BCUT2D eigenvalue weighted by atomic mass is 19.1. The van der Waals surface area contributed by atoms with Crippen molar-refractivity contribution >= 4 is 17.6 Å². The van der Waals surface area contributed by atoms with E-state index in [9.17, 15) is 9.18 Å². The fourth-order valence-corrected chi connectivity index (χ4v) is 2.99. The Kier molecular flexibility index (Phi) is 8.89. The first-order valence-electron chi connectivity index (χ1n) is 9.39. The van der Waals surface area contributed by atoms with Crippen molar-refractivity contribution in [3.8, 4) is 0 Å². The summed E-state index contributed by atoms with van der Waals surface area (Å²) in [6.45, 7) is 4.42. The van der Waals surface area contributed by atoms with E-state index in [2.05, 4.69) is 25.8 Å². The van der Waals surface area contributed by atoms with Gasteiger partial charge in [-0.2, -0.15) is 0 Å². The van der Waals surface area contributed by atoms with Gasteiger partial charge < -0.3 is 20.9 Å². The molecule has 0 spiro atoms. The maximum absolute atomic E-state index is 12.9. The average molecular weight is 363 g/mol. The Bertz CT molecular complexity index is 568. The standard InChI is InChI=1S/C19H30FN5O/c1-21-19(22-11-6-14-25-12-4-2-3-5-13-25)23-15-18(26)24-17-9-7-16(20)8-10-17/h7-10H,2-6,11-15H2,1H3,(H,24,26)(H2,21,22,23). The van der Waals surface area contributed by atoms with Gasteiger partial charge in [0, 0.05) is 19.3 Å². The molecule has 1 amide bonds. The van der Waals surface area contributed by atoms with Gasteiger partial charge in [-0.1, -0.05) is 12.8 Å². The Morgan fingerprint density at radius 3 is 2.46 bits per heavy atom. The maximum Gasteiger partial charge on any atom is 0.243 e. The first-order chi connectivity index (χ1) is 12.7. The fraction of sp³-hybridized carbons (Fsp3) is 0.579. The second-order valence-corrected chi connectivity index (χ2v) is 6.52. The molecule has 1 aromatic rings. The number of benzene rings is 1. The van der Waals surface area contributed by atoms with Crippen molar-refractivity contribution in [2.75, 3.05) is 45.1 Å². The zero-order valence-corrected chi connectivity index (χ0v) is 15.6. The van der Waals surface area contributed by atoms with Crippen LogP contribution in [0.4, 0.5) is 10.1 Å². The highest BCUT2D eigenvalue weighted by Gasteiger charge is 2.08. The summed E-state index contributed by atoms with van der Waals surface area (Å²) in [7, 11) is 1.68. The summed E-state index contributed by atoms with van der Waals surface area (Å²) in [5.74, 6) is 0.0742. The van der Waals surface area contributed by atoms with E-state index in [4.69, 9.17) is 0 Å². The molecule has 0 saturated carbocycles. The molecule has 1 saturated heterocycles. The van der Waals surface area contributed by atoms with Crippen LogP contribution in [0.3, 0.4) is 0 Å². The Morgan fingerprint density at radius 2 is 1.81 bits per heavy atom. The van der Waals surface area contributed by atoms with Gasteiger partial charge in [0.1, 0.15) is 5.82 Å². The lowest BCUT2D eigenvalue weighted by Gasteiger charge is -2.20. The summed E-state index contributed by atoms with van der Waals surface area (Å²) in [4.78, 5) is 18.6. The molecule has 3 N–H and O–H groups in total. The van der Waals surface area contributed by atoms with Crippen molar-refractivity contribution in [1.29, 1.82) is 0 Å². The summed E-state index contributed by atoms with van der Waals surface area (Å²) >= 11 is 0. The summed E-state index contributed by atoms with van der Waals surface area (Å²) in [6, 6.07) is 5.69. The number of likely N-dealkylation sites (tertiary alicyclic amines) is 1. The number of halogens is 1. The van der Waals surface area contributed by atoms with Crippen molar-refractivity contribution in [1.82, 2.24) is 15.5 Å². The van der Waals surface area contributed by atoms with E-state index in [-0.39, 0.29) is 18.3 Å². The summed E-state index contributed by atoms with van der Waals surface area (Å²) in [5.41, 5.74) is 0.568. The third kappa shape index (κ3) is 7.82. The van der Waals surface area contributed by atoms with E-state index in [1.807, 2.05) is 0 Å². The van der Waals surface area contributed by atoms with Gasteiger partial charge in [0.2, 0.25) is 5.91 Å². The lowest BCUT2D eigenvalue weighted by molar-refractivity contribution is -0.115. The number of hydrogen-bond donors (Lipinski definition) is 3. The van der Waals surface area contributed by atoms with Gasteiger partial charge in [-0.05, 0) is 63.2 Å². The average Bonchev–Trinajstić information content (AvgIpc) is 2.92. The first kappa shape index (κ1) is 20.2. The number of nitrogens with zero attached hydrogens (tertiary/aromatic N) is 2. The number of amides is 1. The minimum absolute atomic E-state index is 0.100.